The number of fused-ring (bicyclic) bond motifs is 2. The van der Waals surface area contributed by atoms with Gasteiger partial charge < -0.3 is 9.41 Å². The molecule has 6 unspecified atom stereocenters. The summed E-state index contributed by atoms with van der Waals surface area (Å²) in [5.41, 5.74) is 0. The van der Waals surface area contributed by atoms with Crippen LogP contribution in [0.3, 0.4) is 0 Å². The van der Waals surface area contributed by atoms with Crippen molar-refractivity contribution in [2.24, 2.45) is 23.7 Å². The average molecular weight is 396 g/mol. The number of hydrogen-bond acceptors (Lipinski definition) is 0. The van der Waals surface area contributed by atoms with E-state index in [1.807, 2.05) is 0 Å². The minimum Gasteiger partial charge on any atom is -1.00 e. The maximum Gasteiger partial charge on any atom is -1.00 e. The zero-order chi connectivity index (χ0) is 13.9. The van der Waals surface area contributed by atoms with Gasteiger partial charge >= 0.3 is 134 Å². The third-order valence-electron chi connectivity index (χ3n) is 7.45. The molecule has 2 saturated carbocycles. The number of allylic oxidation sites excluding steroid dienone is 8. The third-order valence-corrected chi connectivity index (χ3v) is 22.1. The summed E-state index contributed by atoms with van der Waals surface area (Å²) in [6.45, 7) is 0. The molecular formula is C20H26F2Zr. The number of halogens is 2. The molecule has 0 N–H and O–H groups in total. The van der Waals surface area contributed by atoms with Gasteiger partial charge in [-0.15, -0.1) is 0 Å². The SMILES string of the molecule is C1=CC2CC[CH]([Zr+2]3([CH]4CCC5C=CC=CC54)[CH2][CH2]3)C2C=C1.[F-].[F-]. The molecule has 5 rings (SSSR count). The van der Waals surface area contributed by atoms with Gasteiger partial charge in [0, 0.05) is 0 Å². The van der Waals surface area contributed by atoms with Crippen LogP contribution < -0.4 is 9.41 Å². The predicted octanol–water partition coefficient (Wildman–Crippen LogP) is -0.120. The molecule has 0 aromatic rings. The Morgan fingerprint density at radius 2 is 1.00 bits per heavy atom. The molecule has 3 fully saturated rings. The molecule has 23 heavy (non-hydrogen) atoms. The summed E-state index contributed by atoms with van der Waals surface area (Å²) in [6, 6.07) is 0. The standard InChI is InChI=1S/2C9H11.C2H4.2FH.Zr/c2*1-2-5-9-7-3-6-8(9)4-1;1-2;;;/h2*1-2,4-6,8-9H,3,7H2;1-2H2;2*1H;/q;;;;;+2/p-2. The molecule has 1 aliphatic heterocycles. The summed E-state index contributed by atoms with van der Waals surface area (Å²) in [7, 11) is 0. The topological polar surface area (TPSA) is 0 Å². The van der Waals surface area contributed by atoms with Gasteiger partial charge in [0.25, 0.3) is 0 Å². The van der Waals surface area contributed by atoms with Crippen molar-refractivity contribution in [3.63, 3.8) is 0 Å². The Labute approximate surface area is 142 Å². The Hall–Kier alpha value is -0.297. The molecule has 4 aliphatic carbocycles. The summed E-state index contributed by atoms with van der Waals surface area (Å²) >= 11 is -1.84. The minimum atomic E-state index is -1.84. The fourth-order valence-electron chi connectivity index (χ4n) is 6.41. The molecule has 0 aromatic heterocycles. The van der Waals surface area contributed by atoms with Gasteiger partial charge in [-0.3, -0.25) is 0 Å². The molecule has 1 saturated heterocycles. The van der Waals surface area contributed by atoms with E-state index in [-0.39, 0.29) is 9.41 Å². The molecule has 3 heteroatoms. The second kappa shape index (κ2) is 6.54. The first-order valence-electron chi connectivity index (χ1n) is 9.08. The Morgan fingerprint density at radius 3 is 1.43 bits per heavy atom. The van der Waals surface area contributed by atoms with Gasteiger partial charge in [0.15, 0.2) is 0 Å². The minimum absolute atomic E-state index is 0. The van der Waals surface area contributed by atoms with Crippen LogP contribution in [0.15, 0.2) is 48.6 Å². The Kier molecular flexibility index (Phi) is 4.99. The normalized spacial score (nSPS) is 42.8. The van der Waals surface area contributed by atoms with Gasteiger partial charge in [-0.2, -0.15) is 0 Å². The number of rotatable bonds is 2. The monoisotopic (exact) mass is 394 g/mol. The fraction of sp³-hybridized carbons (Fsp3) is 0.600. The van der Waals surface area contributed by atoms with Crippen molar-refractivity contribution < 1.29 is 29.7 Å². The molecule has 0 spiro atoms. The average Bonchev–Trinajstić information content (AvgIpc) is 3.03. The van der Waals surface area contributed by atoms with E-state index in [4.69, 9.17) is 0 Å². The molecule has 0 amide bonds. The van der Waals surface area contributed by atoms with Crippen LogP contribution in [0.4, 0.5) is 0 Å². The molecule has 5 aliphatic rings. The zero-order valence-electron chi connectivity index (χ0n) is 13.6. The quantitative estimate of drug-likeness (QED) is 0.612. The molecule has 6 atom stereocenters. The third kappa shape index (κ3) is 2.62. The van der Waals surface area contributed by atoms with Crippen LogP contribution in [-0.4, -0.2) is 0 Å². The number of hydrogen-bond donors (Lipinski definition) is 0. The second-order valence-corrected chi connectivity index (χ2v) is 20.3. The molecule has 0 aromatic carbocycles. The van der Waals surface area contributed by atoms with Gasteiger partial charge in [0.1, 0.15) is 0 Å². The van der Waals surface area contributed by atoms with E-state index in [1.165, 1.54) is 20.1 Å². The largest absolute Gasteiger partial charge is 1.00 e. The molecule has 0 nitrogen and oxygen atoms in total. The maximum atomic E-state index is 2.60. The van der Waals surface area contributed by atoms with Crippen LogP contribution in [0.1, 0.15) is 25.7 Å². The first kappa shape index (κ1) is 17.5. The molecular weight excluding hydrogens is 369 g/mol. The van der Waals surface area contributed by atoms with Gasteiger partial charge in [0.05, 0.1) is 0 Å². The van der Waals surface area contributed by atoms with Crippen LogP contribution in [0, 0.1) is 23.7 Å². The van der Waals surface area contributed by atoms with Gasteiger partial charge in [0.2, 0.25) is 0 Å². The van der Waals surface area contributed by atoms with E-state index in [9.17, 15) is 0 Å². The zero-order valence-corrected chi connectivity index (χ0v) is 16.0. The van der Waals surface area contributed by atoms with Crippen molar-refractivity contribution in [1.29, 1.82) is 0 Å². The molecule has 1 heterocycles. The van der Waals surface area contributed by atoms with E-state index in [0.29, 0.717) is 0 Å². The smallest absolute Gasteiger partial charge is 1.00 e. The van der Waals surface area contributed by atoms with Crippen LogP contribution in [0.5, 0.6) is 0 Å². The van der Waals surface area contributed by atoms with Crippen LogP contribution in [0.25, 0.3) is 0 Å². The summed E-state index contributed by atoms with van der Waals surface area (Å²) < 4.78 is 5.83. The first-order chi connectivity index (χ1) is 10.4. The van der Waals surface area contributed by atoms with Crippen molar-refractivity contribution in [1.82, 2.24) is 0 Å². The van der Waals surface area contributed by atoms with E-state index in [2.05, 4.69) is 48.6 Å². The predicted molar refractivity (Wildman–Crippen MR) is 86.1 cm³/mol. The van der Waals surface area contributed by atoms with Crippen LogP contribution in [0.2, 0.25) is 15.5 Å². The second-order valence-electron chi connectivity index (χ2n) is 8.12. The van der Waals surface area contributed by atoms with Crippen molar-refractivity contribution in [2.75, 3.05) is 0 Å². The van der Waals surface area contributed by atoms with Gasteiger partial charge in [-0.1, -0.05) is 0 Å². The summed E-state index contributed by atoms with van der Waals surface area (Å²) in [6.07, 6.45) is 25.7. The summed E-state index contributed by atoms with van der Waals surface area (Å²) in [4.78, 5) is 0. The van der Waals surface area contributed by atoms with Crippen molar-refractivity contribution >= 4 is 0 Å². The summed E-state index contributed by atoms with van der Waals surface area (Å²) in [5, 5.41) is 0. The Morgan fingerprint density at radius 1 is 0.565 bits per heavy atom. The Bertz CT molecular complexity index is 512. The van der Waals surface area contributed by atoms with E-state index >= 15 is 0 Å². The maximum absolute atomic E-state index is 2.60. The van der Waals surface area contributed by atoms with E-state index in [0.717, 1.165) is 23.7 Å². The van der Waals surface area contributed by atoms with E-state index < -0.39 is 20.3 Å². The van der Waals surface area contributed by atoms with E-state index in [1.54, 1.807) is 21.1 Å². The van der Waals surface area contributed by atoms with Crippen molar-refractivity contribution in [3.05, 3.63) is 48.6 Å². The van der Waals surface area contributed by atoms with Crippen molar-refractivity contribution in [3.8, 4) is 0 Å². The first-order valence-corrected chi connectivity index (χ1v) is 15.4. The van der Waals surface area contributed by atoms with Crippen molar-refractivity contribution in [2.45, 2.75) is 41.2 Å². The van der Waals surface area contributed by atoms with Crippen LogP contribution in [-0.2, 0) is 20.3 Å². The molecule has 0 radical (unpaired) electrons. The summed E-state index contributed by atoms with van der Waals surface area (Å²) in [5.74, 6) is 3.73. The Balaban J connectivity index is 0.000000781. The van der Waals surface area contributed by atoms with Crippen LogP contribution >= 0.6 is 0 Å². The fourth-order valence-corrected chi connectivity index (χ4v) is 25.5. The molecule has 0 bridgehead atoms. The van der Waals surface area contributed by atoms with Gasteiger partial charge in [-0.05, 0) is 0 Å². The van der Waals surface area contributed by atoms with Gasteiger partial charge in [-0.25, -0.2) is 0 Å². The molecule has 124 valence electrons.